The van der Waals surface area contributed by atoms with Crippen molar-refractivity contribution in [2.24, 2.45) is 5.73 Å². The maximum atomic E-state index is 6.42. The van der Waals surface area contributed by atoms with Gasteiger partial charge in [0, 0.05) is 25.3 Å². The summed E-state index contributed by atoms with van der Waals surface area (Å²) in [4.78, 5) is 0. The molecule has 1 saturated heterocycles. The quantitative estimate of drug-likeness (QED) is 0.857. The zero-order valence-electron chi connectivity index (χ0n) is 11.4. The average Bonchev–Trinajstić information content (AvgIpc) is 2.39. The van der Waals surface area contributed by atoms with Crippen LogP contribution < -0.4 is 11.1 Å². The van der Waals surface area contributed by atoms with Gasteiger partial charge in [0.05, 0.1) is 5.54 Å². The van der Waals surface area contributed by atoms with Crippen molar-refractivity contribution in [2.45, 2.75) is 37.8 Å². The monoisotopic (exact) mass is 248 g/mol. The summed E-state index contributed by atoms with van der Waals surface area (Å²) in [5.74, 6) is 0. The van der Waals surface area contributed by atoms with Gasteiger partial charge in [-0.05, 0) is 32.3 Å². The highest BCUT2D eigenvalue weighted by Crippen LogP contribution is 2.22. The fourth-order valence-corrected chi connectivity index (χ4v) is 2.32. The zero-order chi connectivity index (χ0) is 13.1. The molecule has 0 amide bonds. The molecule has 18 heavy (non-hydrogen) atoms. The lowest BCUT2D eigenvalue weighted by Crippen LogP contribution is -2.53. The number of nitrogens with two attached hydrogens (primary N) is 1. The van der Waals surface area contributed by atoms with Crippen LogP contribution in [0.5, 0.6) is 0 Å². The normalized spacial score (nSPS) is 22.4. The molecule has 1 aromatic carbocycles. The van der Waals surface area contributed by atoms with Crippen LogP contribution in [0.4, 0.5) is 0 Å². The lowest BCUT2D eigenvalue weighted by atomic mass is 9.88. The first-order valence-corrected chi connectivity index (χ1v) is 6.69. The summed E-state index contributed by atoms with van der Waals surface area (Å²) < 4.78 is 5.41. The third-order valence-corrected chi connectivity index (χ3v) is 3.91. The van der Waals surface area contributed by atoms with Crippen molar-refractivity contribution < 1.29 is 4.74 Å². The molecule has 0 aliphatic carbocycles. The van der Waals surface area contributed by atoms with Crippen LogP contribution in [0.1, 0.15) is 32.3 Å². The molecule has 1 fully saturated rings. The van der Waals surface area contributed by atoms with E-state index < -0.39 is 0 Å². The minimum atomic E-state index is -0.331. The van der Waals surface area contributed by atoms with Gasteiger partial charge < -0.3 is 15.8 Å². The topological polar surface area (TPSA) is 47.3 Å². The zero-order valence-corrected chi connectivity index (χ0v) is 11.4. The molecule has 2 rings (SSSR count). The molecule has 3 N–H and O–H groups in total. The number of hydrogen-bond donors (Lipinski definition) is 2. The first-order valence-electron chi connectivity index (χ1n) is 6.69. The highest BCUT2D eigenvalue weighted by molar-refractivity contribution is 5.23. The predicted molar refractivity (Wildman–Crippen MR) is 74.4 cm³/mol. The van der Waals surface area contributed by atoms with E-state index in [4.69, 9.17) is 10.5 Å². The molecule has 1 unspecified atom stereocenters. The number of benzene rings is 1. The van der Waals surface area contributed by atoms with E-state index in [0.29, 0.717) is 0 Å². The molecule has 0 saturated carbocycles. The third-order valence-electron chi connectivity index (χ3n) is 3.91. The van der Waals surface area contributed by atoms with Crippen molar-refractivity contribution in [3.05, 3.63) is 35.9 Å². The Kier molecular flexibility index (Phi) is 4.05. The highest BCUT2D eigenvalue weighted by Gasteiger charge is 2.30. The molecule has 1 aliphatic heterocycles. The van der Waals surface area contributed by atoms with Crippen LogP contribution in [0.15, 0.2) is 30.3 Å². The van der Waals surface area contributed by atoms with E-state index in [1.165, 1.54) is 5.56 Å². The van der Waals surface area contributed by atoms with E-state index in [1.54, 1.807) is 0 Å². The summed E-state index contributed by atoms with van der Waals surface area (Å²) in [7, 11) is 0. The van der Waals surface area contributed by atoms with Gasteiger partial charge in [0.25, 0.3) is 0 Å². The molecule has 1 aliphatic rings. The number of ether oxygens (including phenoxy) is 1. The van der Waals surface area contributed by atoms with Crippen molar-refractivity contribution in [1.82, 2.24) is 5.32 Å². The Balaban J connectivity index is 1.96. The number of nitrogens with one attached hydrogen (secondary N) is 1. The fourth-order valence-electron chi connectivity index (χ4n) is 2.32. The Hall–Kier alpha value is -0.900. The van der Waals surface area contributed by atoms with Crippen LogP contribution in [0.25, 0.3) is 0 Å². The van der Waals surface area contributed by atoms with Crippen LogP contribution in [-0.4, -0.2) is 25.3 Å². The van der Waals surface area contributed by atoms with Gasteiger partial charge in [-0.1, -0.05) is 30.3 Å². The predicted octanol–water partition coefficient (Wildman–Crippen LogP) is 2.02. The van der Waals surface area contributed by atoms with Crippen molar-refractivity contribution in [3.63, 3.8) is 0 Å². The molecule has 1 atom stereocenters. The molecular formula is C15H24N2O. The second-order valence-electron chi connectivity index (χ2n) is 5.81. The van der Waals surface area contributed by atoms with E-state index in [1.807, 2.05) is 18.2 Å². The van der Waals surface area contributed by atoms with E-state index >= 15 is 0 Å². The second-order valence-corrected chi connectivity index (χ2v) is 5.81. The van der Waals surface area contributed by atoms with E-state index in [9.17, 15) is 0 Å². The van der Waals surface area contributed by atoms with Gasteiger partial charge in [-0.2, -0.15) is 0 Å². The van der Waals surface area contributed by atoms with Crippen molar-refractivity contribution in [3.8, 4) is 0 Å². The van der Waals surface area contributed by atoms with Gasteiger partial charge in [0.1, 0.15) is 0 Å². The lowest BCUT2D eigenvalue weighted by molar-refractivity contribution is 0.0432. The maximum Gasteiger partial charge on any atom is 0.0507 e. The molecule has 0 radical (unpaired) electrons. The van der Waals surface area contributed by atoms with E-state index in [2.05, 4.69) is 31.3 Å². The molecule has 0 spiro atoms. The summed E-state index contributed by atoms with van der Waals surface area (Å²) in [6, 6.07) is 10.3. The fraction of sp³-hybridized carbons (Fsp3) is 0.600. The second kappa shape index (κ2) is 5.39. The average molecular weight is 248 g/mol. The summed E-state index contributed by atoms with van der Waals surface area (Å²) in [5.41, 5.74) is 7.42. The van der Waals surface area contributed by atoms with Crippen molar-refractivity contribution in [2.75, 3.05) is 19.8 Å². The first kappa shape index (κ1) is 13.5. The number of rotatable bonds is 4. The summed E-state index contributed by atoms with van der Waals surface area (Å²) in [5, 5.41) is 3.63. The van der Waals surface area contributed by atoms with Gasteiger partial charge in [0.15, 0.2) is 0 Å². The van der Waals surface area contributed by atoms with Crippen molar-refractivity contribution in [1.29, 1.82) is 0 Å². The van der Waals surface area contributed by atoms with E-state index in [-0.39, 0.29) is 11.1 Å². The Morgan fingerprint density at radius 3 is 2.50 bits per heavy atom. The summed E-state index contributed by atoms with van der Waals surface area (Å²) in [6.07, 6.45) is 2.11. The number of hydrogen-bond acceptors (Lipinski definition) is 3. The Bertz CT molecular complexity index is 369. The van der Waals surface area contributed by atoms with Gasteiger partial charge in [-0.25, -0.2) is 0 Å². The third kappa shape index (κ3) is 3.31. The molecule has 100 valence electrons. The first-order chi connectivity index (χ1) is 8.52. The Morgan fingerprint density at radius 1 is 1.28 bits per heavy atom. The van der Waals surface area contributed by atoms with Gasteiger partial charge >= 0.3 is 0 Å². The molecule has 0 bridgehead atoms. The van der Waals surface area contributed by atoms with Crippen LogP contribution in [0.3, 0.4) is 0 Å². The summed E-state index contributed by atoms with van der Waals surface area (Å²) in [6.45, 7) is 6.81. The van der Waals surface area contributed by atoms with E-state index in [0.717, 1.165) is 32.6 Å². The molecule has 1 heterocycles. The Labute approximate surface area is 110 Å². The standard InChI is InChI=1S/C15H24N2O/c1-14(8-10-18-11-9-14)17-12-15(2,16)13-6-4-3-5-7-13/h3-7,17H,8-12,16H2,1-2H3. The molecular weight excluding hydrogens is 224 g/mol. The van der Waals surface area contributed by atoms with Crippen LogP contribution in [0.2, 0.25) is 0 Å². The molecule has 1 aromatic rings. The van der Waals surface area contributed by atoms with Crippen LogP contribution in [-0.2, 0) is 10.3 Å². The van der Waals surface area contributed by atoms with Crippen LogP contribution in [0, 0.1) is 0 Å². The van der Waals surface area contributed by atoms with Gasteiger partial charge in [-0.15, -0.1) is 0 Å². The lowest BCUT2D eigenvalue weighted by Gasteiger charge is -2.38. The summed E-state index contributed by atoms with van der Waals surface area (Å²) >= 11 is 0. The van der Waals surface area contributed by atoms with Crippen molar-refractivity contribution >= 4 is 0 Å². The smallest absolute Gasteiger partial charge is 0.0507 e. The minimum Gasteiger partial charge on any atom is -0.381 e. The molecule has 0 aromatic heterocycles. The maximum absolute atomic E-state index is 6.42. The SMILES string of the molecule is CC1(NCC(C)(N)c2ccccc2)CCOCC1. The minimum absolute atomic E-state index is 0.160. The Morgan fingerprint density at radius 2 is 1.89 bits per heavy atom. The van der Waals surface area contributed by atoms with Crippen LogP contribution >= 0.6 is 0 Å². The van der Waals surface area contributed by atoms with Gasteiger partial charge in [0.2, 0.25) is 0 Å². The highest BCUT2D eigenvalue weighted by atomic mass is 16.5. The molecule has 3 nitrogen and oxygen atoms in total. The largest absolute Gasteiger partial charge is 0.381 e. The van der Waals surface area contributed by atoms with Gasteiger partial charge in [-0.3, -0.25) is 0 Å². The molecule has 3 heteroatoms.